The lowest BCUT2D eigenvalue weighted by Gasteiger charge is -2.03. The summed E-state index contributed by atoms with van der Waals surface area (Å²) in [6, 6.07) is 28.9. The van der Waals surface area contributed by atoms with Gasteiger partial charge >= 0.3 is 0 Å². The average molecular weight is 497 g/mol. The van der Waals surface area contributed by atoms with E-state index in [9.17, 15) is 0 Å². The molecule has 0 saturated heterocycles. The Morgan fingerprint density at radius 1 is 0.812 bits per heavy atom. The summed E-state index contributed by atoms with van der Waals surface area (Å²) in [4.78, 5) is 8.32. The number of nitrogens with one attached hydrogen (secondary N) is 1. The molecule has 0 amide bonds. The van der Waals surface area contributed by atoms with Gasteiger partial charge < -0.3 is 4.98 Å². The first-order chi connectivity index (χ1) is 15.8. The van der Waals surface area contributed by atoms with Crippen LogP contribution in [-0.2, 0) is 0 Å². The van der Waals surface area contributed by atoms with E-state index in [0.29, 0.717) is 0 Å². The van der Waals surface area contributed by atoms with Crippen LogP contribution in [0.3, 0.4) is 0 Å². The number of fused-ring (bicyclic) bond motifs is 1. The zero-order chi connectivity index (χ0) is 21.5. The summed E-state index contributed by atoms with van der Waals surface area (Å²) in [6.07, 6.45) is 2.05. The molecular formula is C26H17BrN4S. The topological polar surface area (TPSA) is 46.5 Å². The molecule has 0 aliphatic carbocycles. The van der Waals surface area contributed by atoms with Crippen LogP contribution in [0.2, 0.25) is 0 Å². The Hall–Kier alpha value is -3.48. The van der Waals surface area contributed by atoms with Crippen molar-refractivity contribution in [1.29, 1.82) is 0 Å². The van der Waals surface area contributed by atoms with Crippen LogP contribution in [0.5, 0.6) is 0 Å². The van der Waals surface area contributed by atoms with E-state index in [0.717, 1.165) is 54.3 Å². The quantitative estimate of drug-likeness (QED) is 0.273. The predicted molar refractivity (Wildman–Crippen MR) is 135 cm³/mol. The van der Waals surface area contributed by atoms with Crippen molar-refractivity contribution in [3.63, 3.8) is 0 Å². The summed E-state index contributed by atoms with van der Waals surface area (Å²) >= 11 is 5.10. The molecule has 1 N–H and O–H groups in total. The minimum absolute atomic E-state index is 0.838. The van der Waals surface area contributed by atoms with Gasteiger partial charge in [-0.05, 0) is 24.3 Å². The van der Waals surface area contributed by atoms with Gasteiger partial charge in [-0.1, -0.05) is 76.6 Å². The number of hydrogen-bond donors (Lipinski definition) is 1. The first-order valence-electron chi connectivity index (χ1n) is 10.2. The molecule has 6 aromatic rings. The summed E-state index contributed by atoms with van der Waals surface area (Å²) in [5.41, 5.74) is 7.25. The number of aromatic amines is 1. The number of rotatable bonds is 4. The second-order valence-electron chi connectivity index (χ2n) is 7.46. The molecule has 3 aromatic heterocycles. The Morgan fingerprint density at radius 3 is 2.41 bits per heavy atom. The molecule has 32 heavy (non-hydrogen) atoms. The highest BCUT2D eigenvalue weighted by atomic mass is 79.9. The molecule has 4 nitrogen and oxygen atoms in total. The number of halogens is 1. The van der Waals surface area contributed by atoms with Gasteiger partial charge in [0.2, 0.25) is 5.13 Å². The van der Waals surface area contributed by atoms with Crippen molar-refractivity contribution in [1.82, 2.24) is 19.7 Å². The minimum atomic E-state index is 0.838. The lowest BCUT2D eigenvalue weighted by molar-refractivity contribution is 0.882. The normalized spacial score (nSPS) is 11.3. The Balaban J connectivity index is 1.52. The fourth-order valence-corrected chi connectivity index (χ4v) is 4.93. The van der Waals surface area contributed by atoms with E-state index < -0.39 is 0 Å². The Labute approximate surface area is 197 Å². The number of nitrogens with zero attached hydrogens (tertiary/aromatic N) is 3. The van der Waals surface area contributed by atoms with E-state index in [4.69, 9.17) is 10.1 Å². The molecule has 3 aromatic carbocycles. The van der Waals surface area contributed by atoms with Crippen LogP contribution in [-0.4, -0.2) is 19.7 Å². The van der Waals surface area contributed by atoms with Gasteiger partial charge in [0.05, 0.1) is 17.1 Å². The van der Waals surface area contributed by atoms with Crippen LogP contribution >= 0.6 is 27.3 Å². The molecule has 0 fully saturated rings. The smallest absolute Gasteiger partial charge is 0.211 e. The number of H-pyrrole nitrogens is 1. The fraction of sp³-hybridized carbons (Fsp3) is 0. The molecule has 3 heterocycles. The van der Waals surface area contributed by atoms with Gasteiger partial charge in [0.15, 0.2) is 0 Å². The molecule has 6 heteroatoms. The number of benzene rings is 3. The van der Waals surface area contributed by atoms with Crippen LogP contribution < -0.4 is 0 Å². The summed E-state index contributed by atoms with van der Waals surface area (Å²) < 4.78 is 3.02. The van der Waals surface area contributed by atoms with Crippen LogP contribution in [0.25, 0.3) is 49.8 Å². The Morgan fingerprint density at radius 2 is 1.56 bits per heavy atom. The van der Waals surface area contributed by atoms with Gasteiger partial charge in [-0.15, -0.1) is 11.3 Å². The second-order valence-corrected chi connectivity index (χ2v) is 9.22. The molecule has 0 radical (unpaired) electrons. The molecule has 0 aliphatic heterocycles. The molecular weight excluding hydrogens is 480 g/mol. The monoisotopic (exact) mass is 496 g/mol. The maximum atomic E-state index is 4.98. The minimum Gasteiger partial charge on any atom is -0.360 e. The van der Waals surface area contributed by atoms with Crippen LogP contribution in [0.4, 0.5) is 0 Å². The first-order valence-corrected chi connectivity index (χ1v) is 11.9. The summed E-state index contributed by atoms with van der Waals surface area (Å²) in [5.74, 6) is 0. The highest BCUT2D eigenvalue weighted by Crippen LogP contribution is 2.35. The van der Waals surface area contributed by atoms with Gasteiger partial charge in [0, 0.05) is 43.6 Å². The van der Waals surface area contributed by atoms with E-state index >= 15 is 0 Å². The summed E-state index contributed by atoms with van der Waals surface area (Å²) in [7, 11) is 0. The third kappa shape index (κ3) is 3.38. The molecule has 0 atom stereocenters. The average Bonchev–Trinajstić information content (AvgIpc) is 3.57. The van der Waals surface area contributed by atoms with Crippen molar-refractivity contribution < 1.29 is 0 Å². The van der Waals surface area contributed by atoms with E-state index in [1.165, 1.54) is 0 Å². The van der Waals surface area contributed by atoms with E-state index in [1.54, 1.807) is 11.3 Å². The zero-order valence-corrected chi connectivity index (χ0v) is 19.3. The van der Waals surface area contributed by atoms with Crippen LogP contribution in [0, 0.1) is 0 Å². The highest BCUT2D eigenvalue weighted by Gasteiger charge is 2.18. The van der Waals surface area contributed by atoms with E-state index in [1.807, 2.05) is 41.1 Å². The van der Waals surface area contributed by atoms with Crippen LogP contribution in [0.15, 0.2) is 101 Å². The highest BCUT2D eigenvalue weighted by molar-refractivity contribution is 9.10. The standard InChI is InChI=1S/C26H17BrN4S/c27-19-12-10-18(11-13-19)24-16-32-26(29-24)31-25(14-23(30-31)17-6-2-1-3-7-17)21-15-28-22-9-5-4-8-20(21)22/h1-16,28H. The fourth-order valence-electron chi connectivity index (χ4n) is 3.87. The molecule has 0 spiro atoms. The number of aromatic nitrogens is 4. The van der Waals surface area contributed by atoms with Gasteiger partial charge in [0.1, 0.15) is 0 Å². The predicted octanol–water partition coefficient (Wildman–Crippen LogP) is 7.57. The molecule has 0 unspecified atom stereocenters. The SMILES string of the molecule is Brc1ccc(-c2csc(-n3nc(-c4ccccc4)cc3-c3c[nH]c4ccccc34)n2)cc1. The second kappa shape index (κ2) is 7.89. The maximum absolute atomic E-state index is 4.98. The summed E-state index contributed by atoms with van der Waals surface area (Å²) in [6.45, 7) is 0. The van der Waals surface area contributed by atoms with Crippen molar-refractivity contribution in [3.8, 4) is 38.9 Å². The lowest BCUT2D eigenvalue weighted by Crippen LogP contribution is -1.98. The number of thiazole rings is 1. The molecule has 0 saturated carbocycles. The first kappa shape index (κ1) is 19.2. The molecule has 154 valence electrons. The Bertz CT molecular complexity index is 1530. The van der Waals surface area contributed by atoms with Gasteiger partial charge in [-0.3, -0.25) is 0 Å². The van der Waals surface area contributed by atoms with Crippen LogP contribution in [0.1, 0.15) is 0 Å². The maximum Gasteiger partial charge on any atom is 0.211 e. The zero-order valence-electron chi connectivity index (χ0n) is 16.9. The molecule has 6 rings (SSSR count). The summed E-state index contributed by atoms with van der Waals surface area (Å²) in [5, 5.41) is 9.07. The van der Waals surface area contributed by atoms with Crippen molar-refractivity contribution in [2.24, 2.45) is 0 Å². The van der Waals surface area contributed by atoms with E-state index in [-0.39, 0.29) is 0 Å². The van der Waals surface area contributed by atoms with Crippen molar-refractivity contribution in [2.45, 2.75) is 0 Å². The molecule has 0 bridgehead atoms. The van der Waals surface area contributed by atoms with Crippen molar-refractivity contribution in [3.05, 3.63) is 101 Å². The third-order valence-electron chi connectivity index (χ3n) is 5.46. The lowest BCUT2D eigenvalue weighted by atomic mass is 10.1. The van der Waals surface area contributed by atoms with Gasteiger partial charge in [-0.2, -0.15) is 5.10 Å². The molecule has 0 aliphatic rings. The number of hydrogen-bond acceptors (Lipinski definition) is 3. The van der Waals surface area contributed by atoms with Crippen molar-refractivity contribution >= 4 is 38.2 Å². The Kier molecular flexibility index (Phi) is 4.74. The van der Waals surface area contributed by atoms with Crippen molar-refractivity contribution in [2.75, 3.05) is 0 Å². The van der Waals surface area contributed by atoms with Gasteiger partial charge in [0.25, 0.3) is 0 Å². The third-order valence-corrected chi connectivity index (χ3v) is 6.80. The largest absolute Gasteiger partial charge is 0.360 e. The number of para-hydroxylation sites is 1. The van der Waals surface area contributed by atoms with E-state index in [2.05, 4.69) is 81.0 Å². The van der Waals surface area contributed by atoms with Gasteiger partial charge in [-0.25, -0.2) is 9.67 Å².